The molecule has 0 amide bonds. The van der Waals surface area contributed by atoms with Gasteiger partial charge in [-0.2, -0.15) is 0 Å². The first-order valence-corrected chi connectivity index (χ1v) is 9.28. The molecule has 0 aromatic rings. The summed E-state index contributed by atoms with van der Waals surface area (Å²) in [5.74, 6) is -1.40. The SMILES string of the molecule is COCCCC1(OC)C[Si]2(O1)OC1(CCO1)C2(OC)OC. The van der Waals surface area contributed by atoms with Crippen LogP contribution in [0.5, 0.6) is 0 Å². The average molecular weight is 320 g/mol. The molecule has 7 nitrogen and oxygen atoms in total. The molecule has 0 saturated carbocycles. The molecule has 0 aliphatic carbocycles. The van der Waals surface area contributed by atoms with Gasteiger partial charge in [0, 0.05) is 53.9 Å². The summed E-state index contributed by atoms with van der Waals surface area (Å²) in [6.07, 6.45) is 2.38. The third-order valence-electron chi connectivity index (χ3n) is 4.81. The molecule has 0 aromatic carbocycles. The fourth-order valence-corrected chi connectivity index (χ4v) is 8.26. The van der Waals surface area contributed by atoms with Crippen molar-refractivity contribution in [2.75, 3.05) is 41.7 Å². The Hall–Kier alpha value is -0.0631. The van der Waals surface area contributed by atoms with Crippen molar-refractivity contribution in [2.24, 2.45) is 0 Å². The maximum atomic E-state index is 6.18. The first-order chi connectivity index (χ1) is 10.1. The highest BCUT2D eigenvalue weighted by atomic mass is 28.4. The van der Waals surface area contributed by atoms with Gasteiger partial charge in [0.2, 0.25) is 5.79 Å². The second kappa shape index (κ2) is 5.24. The van der Waals surface area contributed by atoms with Crippen LogP contribution in [0.4, 0.5) is 0 Å². The van der Waals surface area contributed by atoms with E-state index in [1.165, 1.54) is 0 Å². The van der Waals surface area contributed by atoms with Gasteiger partial charge in [0.25, 0.3) is 5.41 Å². The van der Waals surface area contributed by atoms with Crippen LogP contribution in [0.2, 0.25) is 6.04 Å². The van der Waals surface area contributed by atoms with E-state index in [9.17, 15) is 0 Å². The largest absolute Gasteiger partial charge is 0.417 e. The highest BCUT2D eigenvalue weighted by Gasteiger charge is 2.91. The normalized spacial score (nSPS) is 43.4. The summed E-state index contributed by atoms with van der Waals surface area (Å²) < 4.78 is 39.9. The predicted octanol–water partition coefficient (Wildman–Crippen LogP) is 0.903. The molecule has 3 fully saturated rings. The third-order valence-corrected chi connectivity index (χ3v) is 8.96. The Bertz CT molecular complexity index is 388. The fourth-order valence-electron chi connectivity index (χ4n) is 3.71. The van der Waals surface area contributed by atoms with Gasteiger partial charge in [0.15, 0.2) is 5.79 Å². The molecule has 8 heteroatoms. The minimum Gasteiger partial charge on any atom is -0.385 e. The molecular formula is C13H24O7Si. The van der Waals surface area contributed by atoms with Crippen molar-refractivity contribution in [3.05, 3.63) is 0 Å². The minimum atomic E-state index is -2.63. The van der Waals surface area contributed by atoms with E-state index in [-0.39, 0.29) is 0 Å². The molecule has 3 atom stereocenters. The quantitative estimate of drug-likeness (QED) is 0.392. The molecule has 3 rings (SSSR count). The van der Waals surface area contributed by atoms with Crippen LogP contribution in [0, 0.1) is 0 Å². The van der Waals surface area contributed by atoms with Crippen molar-refractivity contribution < 1.29 is 32.5 Å². The van der Waals surface area contributed by atoms with E-state index in [0.717, 1.165) is 19.3 Å². The van der Waals surface area contributed by atoms with Gasteiger partial charge >= 0.3 is 8.56 Å². The van der Waals surface area contributed by atoms with Crippen LogP contribution in [0.25, 0.3) is 0 Å². The van der Waals surface area contributed by atoms with E-state index < -0.39 is 25.5 Å². The molecule has 3 aliphatic heterocycles. The molecule has 3 heterocycles. The van der Waals surface area contributed by atoms with Crippen molar-refractivity contribution in [1.29, 1.82) is 0 Å². The Morgan fingerprint density at radius 2 is 1.71 bits per heavy atom. The number of hydrogen-bond donors (Lipinski definition) is 0. The first-order valence-electron chi connectivity index (χ1n) is 7.26. The second-order valence-corrected chi connectivity index (χ2v) is 8.65. The van der Waals surface area contributed by atoms with E-state index >= 15 is 0 Å². The maximum absolute atomic E-state index is 6.18. The Kier molecular flexibility index (Phi) is 3.95. The van der Waals surface area contributed by atoms with E-state index in [1.54, 1.807) is 28.4 Å². The monoisotopic (exact) mass is 320 g/mol. The number of rotatable bonds is 7. The van der Waals surface area contributed by atoms with Crippen molar-refractivity contribution in [1.82, 2.24) is 0 Å². The predicted molar refractivity (Wildman–Crippen MR) is 73.6 cm³/mol. The van der Waals surface area contributed by atoms with Gasteiger partial charge in [-0.05, 0) is 6.42 Å². The average Bonchev–Trinajstić information content (AvgIpc) is 2.39. The standard InChI is InChI=1S/C13H24O7Si/c1-14-8-5-6-11(15-2)10-21(19-11)13(16-3,17-4)12(20-21)7-9-18-12/h5-10H2,1-4H3. The molecule has 3 saturated heterocycles. The second-order valence-electron chi connectivity index (χ2n) is 5.72. The zero-order chi connectivity index (χ0) is 15.2. The molecule has 3 aliphatic rings. The molecule has 0 aromatic heterocycles. The molecule has 0 bridgehead atoms. The number of hydrogen-bond acceptors (Lipinski definition) is 7. The smallest absolute Gasteiger partial charge is 0.385 e. The summed E-state index contributed by atoms with van der Waals surface area (Å²) in [4.78, 5) is 0. The summed E-state index contributed by atoms with van der Waals surface area (Å²) in [6.45, 7) is 1.33. The van der Waals surface area contributed by atoms with Gasteiger partial charge in [-0.3, -0.25) is 0 Å². The van der Waals surface area contributed by atoms with E-state index in [0.29, 0.717) is 19.3 Å². The summed E-state index contributed by atoms with van der Waals surface area (Å²) in [5, 5.41) is 0. The highest BCUT2D eigenvalue weighted by molar-refractivity contribution is 6.75. The van der Waals surface area contributed by atoms with Gasteiger partial charge in [0.1, 0.15) is 0 Å². The van der Waals surface area contributed by atoms with Gasteiger partial charge < -0.3 is 32.5 Å². The summed E-state index contributed by atoms with van der Waals surface area (Å²) in [6, 6.07) is 0.674. The van der Waals surface area contributed by atoms with Gasteiger partial charge in [-0.25, -0.2) is 0 Å². The lowest BCUT2D eigenvalue weighted by atomic mass is 10.1. The molecule has 3 unspecified atom stereocenters. The zero-order valence-electron chi connectivity index (χ0n) is 13.1. The Balaban J connectivity index is 1.70. The molecule has 122 valence electrons. The molecule has 0 radical (unpaired) electrons. The summed E-state index contributed by atoms with van der Waals surface area (Å²) in [5.41, 5.74) is -0.901. The van der Waals surface area contributed by atoms with Crippen LogP contribution >= 0.6 is 0 Å². The summed E-state index contributed by atoms with van der Waals surface area (Å²) in [7, 11) is 3.95. The van der Waals surface area contributed by atoms with E-state index in [4.69, 9.17) is 32.5 Å². The maximum Gasteiger partial charge on any atom is 0.417 e. The van der Waals surface area contributed by atoms with Crippen LogP contribution in [-0.4, -0.2) is 67.2 Å². The van der Waals surface area contributed by atoms with Gasteiger partial charge in [-0.15, -0.1) is 0 Å². The molecule has 0 N–H and O–H groups in total. The lowest BCUT2D eigenvalue weighted by molar-refractivity contribution is -0.467. The van der Waals surface area contributed by atoms with Crippen LogP contribution in [-0.2, 0) is 32.5 Å². The fraction of sp³-hybridized carbons (Fsp3) is 1.00. The van der Waals surface area contributed by atoms with Crippen molar-refractivity contribution >= 4 is 8.56 Å². The molecule has 2 spiro atoms. The summed E-state index contributed by atoms with van der Waals surface area (Å²) >= 11 is 0. The number of methoxy groups -OCH3 is 4. The van der Waals surface area contributed by atoms with Crippen LogP contribution in [0.15, 0.2) is 0 Å². The Morgan fingerprint density at radius 3 is 2.14 bits per heavy atom. The molecule has 21 heavy (non-hydrogen) atoms. The van der Waals surface area contributed by atoms with Gasteiger partial charge in [-0.1, -0.05) is 0 Å². The van der Waals surface area contributed by atoms with Crippen molar-refractivity contribution in [2.45, 2.75) is 42.3 Å². The lowest BCUT2D eigenvalue weighted by Crippen LogP contribution is -2.95. The lowest BCUT2D eigenvalue weighted by Gasteiger charge is -2.72. The van der Waals surface area contributed by atoms with E-state index in [2.05, 4.69) is 0 Å². The zero-order valence-corrected chi connectivity index (χ0v) is 14.1. The number of ether oxygens (including phenoxy) is 5. The first kappa shape index (κ1) is 15.8. The van der Waals surface area contributed by atoms with Crippen molar-refractivity contribution in [3.8, 4) is 0 Å². The van der Waals surface area contributed by atoms with Crippen LogP contribution < -0.4 is 0 Å². The minimum absolute atomic E-state index is 0.613. The van der Waals surface area contributed by atoms with Crippen LogP contribution in [0.3, 0.4) is 0 Å². The van der Waals surface area contributed by atoms with Gasteiger partial charge in [0.05, 0.1) is 6.61 Å². The Morgan fingerprint density at radius 1 is 1.05 bits per heavy atom. The topological polar surface area (TPSA) is 64.6 Å². The van der Waals surface area contributed by atoms with Crippen LogP contribution in [0.1, 0.15) is 19.3 Å². The highest BCUT2D eigenvalue weighted by Crippen LogP contribution is 2.65. The molecular weight excluding hydrogens is 296 g/mol. The van der Waals surface area contributed by atoms with Crippen molar-refractivity contribution in [3.63, 3.8) is 0 Å². The van der Waals surface area contributed by atoms with E-state index in [1.807, 2.05) is 0 Å². The Labute approximate surface area is 126 Å². The third kappa shape index (κ3) is 1.85.